The number of aliphatic hydroxyl groups excluding tert-OH is 1. The van der Waals surface area contributed by atoms with Crippen molar-refractivity contribution in [2.24, 2.45) is 23.7 Å². The maximum absolute atomic E-state index is 7.76. The van der Waals surface area contributed by atoms with Crippen molar-refractivity contribution >= 4 is 0 Å². The smallest absolute Gasteiger partial charge is 0.0609 e. The average Bonchev–Trinajstić information content (AvgIpc) is 2.90. The molecule has 0 aromatic heterocycles. The Balaban J connectivity index is 0.000000165. The maximum atomic E-state index is 7.76. The fourth-order valence-electron chi connectivity index (χ4n) is 2.97. The minimum atomic E-state index is 0.0833. The first-order valence-corrected chi connectivity index (χ1v) is 5.43. The molecule has 3 rings (SSSR count). The molecule has 3 aliphatic rings. The second-order valence-electron chi connectivity index (χ2n) is 4.32. The third kappa shape index (κ3) is 1.57. The number of hydrogen-bond donors (Lipinski definition) is 1. The van der Waals surface area contributed by atoms with Crippen LogP contribution in [0.5, 0.6) is 0 Å². The van der Waals surface area contributed by atoms with E-state index in [1.165, 1.54) is 18.9 Å². The molecule has 0 amide bonds. The molecular formula is C13H18O. The zero-order valence-corrected chi connectivity index (χ0v) is 8.47. The van der Waals surface area contributed by atoms with Crippen LogP contribution in [0.3, 0.4) is 0 Å². The summed E-state index contributed by atoms with van der Waals surface area (Å²) >= 11 is 0. The molecule has 0 radical (unpaired) electrons. The summed E-state index contributed by atoms with van der Waals surface area (Å²) < 4.78 is 0. The van der Waals surface area contributed by atoms with Crippen molar-refractivity contribution in [2.45, 2.75) is 12.8 Å². The average molecular weight is 190 g/mol. The predicted molar refractivity (Wildman–Crippen MR) is 58.8 cm³/mol. The Morgan fingerprint density at radius 3 is 2.64 bits per heavy atom. The maximum Gasteiger partial charge on any atom is 0.0609 e. The summed E-state index contributed by atoms with van der Waals surface area (Å²) in [4.78, 5) is 0. The van der Waals surface area contributed by atoms with Gasteiger partial charge in [-0.1, -0.05) is 30.4 Å². The molecular weight excluding hydrogens is 172 g/mol. The molecule has 1 fully saturated rings. The molecule has 2 bridgehead atoms. The lowest BCUT2D eigenvalue weighted by atomic mass is 9.86. The van der Waals surface area contributed by atoms with Gasteiger partial charge >= 0.3 is 0 Å². The minimum absolute atomic E-state index is 0.0833. The van der Waals surface area contributed by atoms with Crippen molar-refractivity contribution < 1.29 is 5.11 Å². The van der Waals surface area contributed by atoms with Crippen molar-refractivity contribution in [3.05, 3.63) is 37.0 Å². The van der Waals surface area contributed by atoms with Crippen molar-refractivity contribution in [1.29, 1.82) is 0 Å². The summed E-state index contributed by atoms with van der Waals surface area (Å²) in [6.45, 7) is 3.31. The van der Waals surface area contributed by atoms with Gasteiger partial charge in [-0.3, -0.25) is 0 Å². The van der Waals surface area contributed by atoms with E-state index < -0.39 is 0 Å². The van der Waals surface area contributed by atoms with Gasteiger partial charge in [0.15, 0.2) is 0 Å². The molecule has 0 aromatic carbocycles. The van der Waals surface area contributed by atoms with E-state index in [1.807, 2.05) is 0 Å². The van der Waals surface area contributed by atoms with Gasteiger partial charge in [-0.05, 0) is 36.5 Å². The summed E-state index contributed by atoms with van der Waals surface area (Å²) in [5.41, 5.74) is 0. The zero-order valence-electron chi connectivity index (χ0n) is 8.47. The molecule has 76 valence electrons. The van der Waals surface area contributed by atoms with Crippen LogP contribution in [0.2, 0.25) is 0 Å². The van der Waals surface area contributed by atoms with Crippen molar-refractivity contribution in [2.75, 3.05) is 6.61 Å². The molecule has 0 heterocycles. The lowest BCUT2D eigenvalue weighted by molar-refractivity contribution is 0.343. The molecule has 0 spiro atoms. The van der Waals surface area contributed by atoms with Gasteiger partial charge in [-0.2, -0.15) is 0 Å². The highest BCUT2D eigenvalue weighted by molar-refractivity contribution is 5.21. The Morgan fingerprint density at radius 2 is 2.00 bits per heavy atom. The van der Waals surface area contributed by atoms with E-state index in [0.29, 0.717) is 0 Å². The summed E-state index contributed by atoms with van der Waals surface area (Å²) in [5.74, 6) is 3.82. The highest BCUT2D eigenvalue weighted by Crippen LogP contribution is 2.52. The first-order chi connectivity index (χ1) is 6.86. The number of rotatable bonds is 1. The summed E-state index contributed by atoms with van der Waals surface area (Å²) in [5, 5.41) is 7.76. The van der Waals surface area contributed by atoms with Gasteiger partial charge in [0.1, 0.15) is 0 Å². The fourth-order valence-corrected chi connectivity index (χ4v) is 2.97. The molecule has 1 N–H and O–H groups in total. The molecule has 1 saturated carbocycles. The van der Waals surface area contributed by atoms with Crippen LogP contribution in [0, 0.1) is 23.7 Å². The quantitative estimate of drug-likeness (QED) is 0.630. The zero-order chi connectivity index (χ0) is 9.97. The first kappa shape index (κ1) is 9.72. The summed E-state index contributed by atoms with van der Waals surface area (Å²) in [7, 11) is 0. The number of allylic oxidation sites excluding steroid dienone is 4. The van der Waals surface area contributed by atoms with Crippen LogP contribution in [-0.2, 0) is 0 Å². The molecule has 0 aromatic rings. The Hall–Kier alpha value is -0.820. The van der Waals surface area contributed by atoms with E-state index in [2.05, 4.69) is 30.9 Å². The second kappa shape index (κ2) is 4.14. The molecule has 14 heavy (non-hydrogen) atoms. The number of aliphatic hydroxyl groups is 1. The lowest BCUT2D eigenvalue weighted by Crippen LogP contribution is -2.12. The Morgan fingerprint density at radius 1 is 1.29 bits per heavy atom. The predicted octanol–water partition coefficient (Wildman–Crippen LogP) is 2.55. The van der Waals surface area contributed by atoms with Crippen molar-refractivity contribution in [3.8, 4) is 0 Å². The van der Waals surface area contributed by atoms with Crippen LogP contribution in [0.25, 0.3) is 0 Å². The molecule has 3 aliphatic carbocycles. The normalized spacial score (nSPS) is 40.6. The highest BCUT2D eigenvalue weighted by atomic mass is 16.2. The fraction of sp³-hybridized carbons (Fsp3) is 0.538. The topological polar surface area (TPSA) is 20.2 Å². The first-order valence-electron chi connectivity index (χ1n) is 5.43. The van der Waals surface area contributed by atoms with Crippen molar-refractivity contribution in [1.82, 2.24) is 0 Å². The third-order valence-corrected chi connectivity index (χ3v) is 3.58. The SMILES string of the molecule is C1=CC2C3C=CC(C3)C2C1.C=CCO. The van der Waals surface area contributed by atoms with Gasteiger partial charge in [0.2, 0.25) is 0 Å². The molecule has 0 aliphatic heterocycles. The van der Waals surface area contributed by atoms with E-state index >= 15 is 0 Å². The highest BCUT2D eigenvalue weighted by Gasteiger charge is 2.44. The van der Waals surface area contributed by atoms with Gasteiger partial charge in [-0.15, -0.1) is 6.58 Å². The molecule has 1 nitrogen and oxygen atoms in total. The molecule has 4 atom stereocenters. The monoisotopic (exact) mass is 190 g/mol. The van der Waals surface area contributed by atoms with Crippen LogP contribution in [-0.4, -0.2) is 11.7 Å². The standard InChI is InChI=1S/C10H12.C3H6O/c1-2-9-7-4-5-8(6-7)10(9)3-1;1-2-3-4/h1-2,4-5,7-10H,3,6H2;2,4H,1,3H2. The lowest BCUT2D eigenvalue weighted by Gasteiger charge is -2.18. The van der Waals surface area contributed by atoms with Crippen LogP contribution in [0.15, 0.2) is 37.0 Å². The Kier molecular flexibility index (Phi) is 2.87. The van der Waals surface area contributed by atoms with Crippen LogP contribution in [0.1, 0.15) is 12.8 Å². The van der Waals surface area contributed by atoms with Gasteiger partial charge in [-0.25, -0.2) is 0 Å². The van der Waals surface area contributed by atoms with E-state index in [-0.39, 0.29) is 6.61 Å². The minimum Gasteiger partial charge on any atom is -0.392 e. The summed E-state index contributed by atoms with van der Waals surface area (Å²) in [6, 6.07) is 0. The largest absolute Gasteiger partial charge is 0.392 e. The van der Waals surface area contributed by atoms with Crippen LogP contribution < -0.4 is 0 Å². The molecule has 1 heteroatoms. The van der Waals surface area contributed by atoms with Gasteiger partial charge < -0.3 is 5.11 Å². The number of fused-ring (bicyclic) bond motifs is 5. The Labute approximate surface area is 85.8 Å². The summed E-state index contributed by atoms with van der Waals surface area (Å²) in [6.07, 6.45) is 13.9. The number of hydrogen-bond acceptors (Lipinski definition) is 1. The van der Waals surface area contributed by atoms with Gasteiger partial charge in [0, 0.05) is 0 Å². The van der Waals surface area contributed by atoms with E-state index in [1.54, 1.807) is 0 Å². The van der Waals surface area contributed by atoms with E-state index in [0.717, 1.165) is 23.7 Å². The van der Waals surface area contributed by atoms with Crippen LogP contribution in [0.4, 0.5) is 0 Å². The van der Waals surface area contributed by atoms with Crippen LogP contribution >= 0.6 is 0 Å². The van der Waals surface area contributed by atoms with Gasteiger partial charge in [0.05, 0.1) is 6.61 Å². The molecule has 0 saturated heterocycles. The second-order valence-corrected chi connectivity index (χ2v) is 4.32. The van der Waals surface area contributed by atoms with Gasteiger partial charge in [0.25, 0.3) is 0 Å². The third-order valence-electron chi connectivity index (χ3n) is 3.58. The van der Waals surface area contributed by atoms with E-state index in [4.69, 9.17) is 5.11 Å². The van der Waals surface area contributed by atoms with Crippen molar-refractivity contribution in [3.63, 3.8) is 0 Å². The van der Waals surface area contributed by atoms with E-state index in [9.17, 15) is 0 Å². The molecule has 4 unspecified atom stereocenters. The Bertz CT molecular complexity index is 264.